The monoisotopic (exact) mass is 319 g/mol. The fourth-order valence-electron chi connectivity index (χ4n) is 2.08. The number of nitrogens with one attached hydrogen (secondary N) is 1. The van der Waals surface area contributed by atoms with E-state index in [1.165, 1.54) is 0 Å². The molecule has 124 valence electrons. The minimum atomic E-state index is -0.820. The number of nitrogens with zero attached hydrogens (tertiary/aromatic N) is 3. The van der Waals surface area contributed by atoms with Crippen molar-refractivity contribution in [2.75, 3.05) is 0 Å². The molecule has 2 amide bonds. The first-order valence-corrected chi connectivity index (χ1v) is 7.31. The first-order valence-electron chi connectivity index (χ1n) is 7.31. The molecule has 8 heteroatoms. The Morgan fingerprint density at radius 3 is 2.78 bits per heavy atom. The zero-order valence-corrected chi connectivity index (χ0v) is 13.4. The summed E-state index contributed by atoms with van der Waals surface area (Å²) in [5, 5.41) is 2.50. The van der Waals surface area contributed by atoms with Gasteiger partial charge < -0.3 is 20.4 Å². The van der Waals surface area contributed by atoms with Gasteiger partial charge in [0.05, 0.1) is 11.8 Å². The lowest BCUT2D eigenvalue weighted by molar-refractivity contribution is -0.120. The minimum absolute atomic E-state index is 0.328. The molecule has 8 nitrogen and oxygen atoms in total. The van der Waals surface area contributed by atoms with Gasteiger partial charge in [-0.15, -0.1) is 0 Å². The number of carbonyl (C=O) groups is 2. The maximum absolute atomic E-state index is 11.8. The standard InChI is InChI=1S/C15H21N5O3/c1-15(2,3)23-14(22)19-10(12(16)21)6-8-20-9-18-13-11(20)5-4-7-17-13/h4-5,7,9-10H,6,8H2,1-3H3,(H2,16,21)(H,19,22)/t10-/m0/s1. The second-order valence-electron chi connectivity index (χ2n) is 6.17. The number of aromatic nitrogens is 3. The molecule has 2 rings (SSSR count). The molecule has 0 unspecified atom stereocenters. The van der Waals surface area contributed by atoms with Gasteiger partial charge in [-0.1, -0.05) is 0 Å². The molecule has 2 aromatic heterocycles. The number of hydrogen-bond donors (Lipinski definition) is 2. The van der Waals surface area contributed by atoms with E-state index >= 15 is 0 Å². The SMILES string of the molecule is CC(C)(C)OC(=O)N[C@@H](CCn1cnc2ncccc21)C(N)=O. The summed E-state index contributed by atoms with van der Waals surface area (Å²) in [6.07, 6.45) is 2.96. The third-order valence-corrected chi connectivity index (χ3v) is 3.09. The smallest absolute Gasteiger partial charge is 0.408 e. The van der Waals surface area contributed by atoms with Gasteiger partial charge in [0.2, 0.25) is 5.91 Å². The van der Waals surface area contributed by atoms with Gasteiger partial charge in [-0.3, -0.25) is 4.79 Å². The van der Waals surface area contributed by atoms with Crippen LogP contribution in [0.3, 0.4) is 0 Å². The maximum atomic E-state index is 11.8. The number of ether oxygens (including phenoxy) is 1. The van der Waals surface area contributed by atoms with Crippen molar-refractivity contribution in [3.63, 3.8) is 0 Å². The second kappa shape index (κ2) is 6.64. The molecule has 0 aliphatic heterocycles. The van der Waals surface area contributed by atoms with Gasteiger partial charge in [0.15, 0.2) is 5.65 Å². The lowest BCUT2D eigenvalue weighted by atomic mass is 10.2. The van der Waals surface area contributed by atoms with Crippen LogP contribution in [-0.2, 0) is 16.1 Å². The highest BCUT2D eigenvalue weighted by molar-refractivity contribution is 5.84. The molecular weight excluding hydrogens is 298 g/mol. The molecule has 23 heavy (non-hydrogen) atoms. The number of pyridine rings is 1. The molecule has 0 spiro atoms. The topological polar surface area (TPSA) is 112 Å². The van der Waals surface area contributed by atoms with E-state index in [0.29, 0.717) is 18.6 Å². The Balaban J connectivity index is 2.00. The molecule has 0 bridgehead atoms. The van der Waals surface area contributed by atoms with E-state index < -0.39 is 23.6 Å². The normalized spacial score (nSPS) is 12.8. The Hall–Kier alpha value is -2.64. The van der Waals surface area contributed by atoms with E-state index in [1.54, 1.807) is 33.3 Å². The van der Waals surface area contributed by atoms with Gasteiger partial charge in [0, 0.05) is 12.7 Å². The van der Waals surface area contributed by atoms with E-state index in [-0.39, 0.29) is 0 Å². The molecule has 2 heterocycles. The van der Waals surface area contributed by atoms with Gasteiger partial charge >= 0.3 is 6.09 Å². The maximum Gasteiger partial charge on any atom is 0.408 e. The van der Waals surface area contributed by atoms with Crippen LogP contribution in [0.5, 0.6) is 0 Å². The van der Waals surface area contributed by atoms with Crippen molar-refractivity contribution in [3.05, 3.63) is 24.7 Å². The van der Waals surface area contributed by atoms with Crippen molar-refractivity contribution >= 4 is 23.2 Å². The highest BCUT2D eigenvalue weighted by atomic mass is 16.6. The van der Waals surface area contributed by atoms with E-state index in [0.717, 1.165) is 5.52 Å². The summed E-state index contributed by atoms with van der Waals surface area (Å²) in [5.41, 5.74) is 6.20. The van der Waals surface area contributed by atoms with Crippen molar-refractivity contribution in [1.82, 2.24) is 19.9 Å². The molecule has 1 atom stereocenters. The van der Waals surface area contributed by atoms with E-state index in [9.17, 15) is 9.59 Å². The Kier molecular flexibility index (Phi) is 4.83. The molecule has 2 aromatic rings. The molecule has 0 aliphatic rings. The van der Waals surface area contributed by atoms with Crippen LogP contribution in [-0.4, -0.2) is 38.2 Å². The lowest BCUT2D eigenvalue weighted by Crippen LogP contribution is -2.46. The van der Waals surface area contributed by atoms with Crippen LogP contribution in [0.2, 0.25) is 0 Å². The van der Waals surface area contributed by atoms with Gasteiger partial charge in [0.25, 0.3) is 0 Å². The van der Waals surface area contributed by atoms with Gasteiger partial charge in [0.1, 0.15) is 11.6 Å². The molecule has 0 aliphatic carbocycles. The lowest BCUT2D eigenvalue weighted by Gasteiger charge is -2.22. The van der Waals surface area contributed by atoms with Crippen molar-refractivity contribution in [2.45, 2.75) is 45.4 Å². The van der Waals surface area contributed by atoms with Crippen LogP contribution in [0.15, 0.2) is 24.7 Å². The van der Waals surface area contributed by atoms with Crippen LogP contribution < -0.4 is 11.1 Å². The van der Waals surface area contributed by atoms with Gasteiger partial charge in [-0.25, -0.2) is 14.8 Å². The summed E-state index contributed by atoms with van der Waals surface area (Å²) in [5.74, 6) is -0.613. The average molecular weight is 319 g/mol. The third-order valence-electron chi connectivity index (χ3n) is 3.09. The summed E-state index contributed by atoms with van der Waals surface area (Å²) >= 11 is 0. The van der Waals surface area contributed by atoms with Crippen LogP contribution in [0, 0.1) is 0 Å². The fraction of sp³-hybridized carbons (Fsp3) is 0.467. The molecule has 0 fully saturated rings. The summed E-state index contributed by atoms with van der Waals surface area (Å²) in [7, 11) is 0. The number of primary amides is 1. The third kappa shape index (κ3) is 4.67. The van der Waals surface area contributed by atoms with Gasteiger partial charge in [-0.05, 0) is 39.3 Å². The fourth-order valence-corrected chi connectivity index (χ4v) is 2.08. The Morgan fingerprint density at radius 2 is 2.13 bits per heavy atom. The second-order valence-corrected chi connectivity index (χ2v) is 6.17. The Bertz CT molecular complexity index is 704. The van der Waals surface area contributed by atoms with Crippen LogP contribution in [0.1, 0.15) is 27.2 Å². The average Bonchev–Trinajstić information content (AvgIpc) is 2.84. The predicted molar refractivity (Wildman–Crippen MR) is 84.5 cm³/mol. The number of nitrogens with two attached hydrogens (primary N) is 1. The molecular formula is C15H21N5O3. The molecule has 0 saturated heterocycles. The van der Waals surface area contributed by atoms with E-state index in [1.807, 2.05) is 16.7 Å². The number of amides is 2. The first-order chi connectivity index (χ1) is 10.8. The number of fused-ring (bicyclic) bond motifs is 1. The Labute approximate surface area is 134 Å². The van der Waals surface area contributed by atoms with Crippen LogP contribution in [0.25, 0.3) is 11.2 Å². The highest BCUT2D eigenvalue weighted by Gasteiger charge is 2.22. The zero-order valence-electron chi connectivity index (χ0n) is 13.4. The van der Waals surface area contributed by atoms with Gasteiger partial charge in [-0.2, -0.15) is 0 Å². The first kappa shape index (κ1) is 16.7. The number of alkyl carbamates (subject to hydrolysis) is 1. The predicted octanol–water partition coefficient (Wildman–Crippen LogP) is 1.20. The van der Waals surface area contributed by atoms with E-state index in [2.05, 4.69) is 15.3 Å². The van der Waals surface area contributed by atoms with Crippen molar-refractivity contribution < 1.29 is 14.3 Å². The van der Waals surface area contributed by atoms with Crippen molar-refractivity contribution in [1.29, 1.82) is 0 Å². The summed E-state index contributed by atoms with van der Waals surface area (Å²) in [6.45, 7) is 5.70. The molecule has 0 saturated carbocycles. The summed E-state index contributed by atoms with van der Waals surface area (Å²) < 4.78 is 6.99. The summed E-state index contributed by atoms with van der Waals surface area (Å²) in [6, 6.07) is 2.87. The number of imidazole rings is 1. The largest absolute Gasteiger partial charge is 0.444 e. The van der Waals surface area contributed by atoms with Crippen molar-refractivity contribution in [3.8, 4) is 0 Å². The molecule has 0 aromatic carbocycles. The highest BCUT2D eigenvalue weighted by Crippen LogP contribution is 2.11. The quantitative estimate of drug-likeness (QED) is 0.860. The molecule has 0 radical (unpaired) electrons. The Morgan fingerprint density at radius 1 is 1.39 bits per heavy atom. The minimum Gasteiger partial charge on any atom is -0.444 e. The summed E-state index contributed by atoms with van der Waals surface area (Å²) in [4.78, 5) is 31.6. The van der Waals surface area contributed by atoms with Crippen molar-refractivity contribution in [2.24, 2.45) is 5.73 Å². The van der Waals surface area contributed by atoms with Crippen LogP contribution in [0.4, 0.5) is 4.79 Å². The van der Waals surface area contributed by atoms with Crippen LogP contribution >= 0.6 is 0 Å². The molecule has 3 N–H and O–H groups in total. The number of aryl methyl sites for hydroxylation is 1. The number of hydrogen-bond acceptors (Lipinski definition) is 5. The zero-order chi connectivity index (χ0) is 17.0. The number of carbonyl (C=O) groups excluding carboxylic acids is 2. The number of rotatable bonds is 5. The van der Waals surface area contributed by atoms with E-state index in [4.69, 9.17) is 10.5 Å².